The average molecular weight is 247 g/mol. The fraction of sp³-hybridized carbons (Fsp3) is 0.143. The van der Waals surface area contributed by atoms with Crippen LogP contribution in [0.4, 0.5) is 0 Å². The summed E-state index contributed by atoms with van der Waals surface area (Å²) in [6, 6.07) is 9.64. The van der Waals surface area contributed by atoms with Gasteiger partial charge in [0.2, 0.25) is 0 Å². The third-order valence-corrected chi connectivity index (χ3v) is 3.34. The number of benzene rings is 1. The Kier molecular flexibility index (Phi) is 4.54. The Labute approximate surface area is 80.1 Å². The normalized spacial score (nSPS) is 11.2. The summed E-state index contributed by atoms with van der Waals surface area (Å²) in [5.41, 5.74) is 1.08. The zero-order chi connectivity index (χ0) is 8.81. The van der Waals surface area contributed by atoms with Gasteiger partial charge in [-0.25, -0.2) is 0 Å². The van der Waals surface area contributed by atoms with Gasteiger partial charge < -0.3 is 0 Å². The van der Waals surface area contributed by atoms with E-state index in [1.54, 1.807) is 0 Å². The molecule has 1 unspecified atom stereocenters. The maximum atomic E-state index is 10.2. The van der Waals surface area contributed by atoms with Gasteiger partial charge in [0, 0.05) is 0 Å². The quantitative estimate of drug-likeness (QED) is 0.642. The van der Waals surface area contributed by atoms with Gasteiger partial charge in [0.1, 0.15) is 0 Å². The molecular formula is C7H8AsO3S. The van der Waals surface area contributed by atoms with Crippen molar-refractivity contribution in [1.29, 1.82) is 0 Å². The monoisotopic (exact) mass is 247 g/mol. The molecule has 12 heavy (non-hydrogen) atoms. The van der Waals surface area contributed by atoms with E-state index >= 15 is 0 Å². The van der Waals surface area contributed by atoms with Gasteiger partial charge in [-0.2, -0.15) is 0 Å². The Hall–Kier alpha value is -0.152. The van der Waals surface area contributed by atoms with Gasteiger partial charge in [0.05, 0.1) is 0 Å². The van der Waals surface area contributed by atoms with Crippen molar-refractivity contribution in [2.75, 3.05) is 0 Å². The predicted molar refractivity (Wildman–Crippen MR) is 47.5 cm³/mol. The third kappa shape index (κ3) is 4.02. The van der Waals surface area contributed by atoms with Crippen molar-refractivity contribution in [2.24, 2.45) is 0 Å². The van der Waals surface area contributed by atoms with Crippen LogP contribution in [0.15, 0.2) is 30.3 Å². The van der Waals surface area contributed by atoms with Gasteiger partial charge in [-0.05, 0) is 0 Å². The van der Waals surface area contributed by atoms with Gasteiger partial charge in [-0.3, -0.25) is 0 Å². The van der Waals surface area contributed by atoms with E-state index in [1.165, 1.54) is 0 Å². The topological polar surface area (TPSA) is 46.5 Å². The summed E-state index contributed by atoms with van der Waals surface area (Å²) < 4.78 is 23.1. The van der Waals surface area contributed by atoms with Crippen LogP contribution in [0.5, 0.6) is 0 Å². The van der Waals surface area contributed by atoms with Crippen LogP contribution in [0, 0.1) is 0 Å². The molecule has 0 saturated carbocycles. The molecule has 65 valence electrons. The van der Waals surface area contributed by atoms with E-state index < -0.39 is 15.3 Å². The first-order valence-electron chi connectivity index (χ1n) is 3.28. The molecule has 1 atom stereocenters. The molecule has 0 amide bonds. The van der Waals surface area contributed by atoms with Gasteiger partial charge >= 0.3 is 80.0 Å². The standard InChI is InChI=1S/C7H8AsO3S/c9-8(10)11-12-6-7-4-2-1-3-5-7/h1-5H,6H2,(H,9,10). The molecule has 1 aromatic carbocycles. The van der Waals surface area contributed by atoms with Crippen molar-refractivity contribution < 1.29 is 11.0 Å². The van der Waals surface area contributed by atoms with E-state index in [-0.39, 0.29) is 0 Å². The van der Waals surface area contributed by atoms with Crippen LogP contribution in [0.2, 0.25) is 0 Å². The Morgan fingerprint density at radius 1 is 1.42 bits per heavy atom. The molecule has 1 N–H and O–H groups in total. The molecule has 0 aliphatic rings. The summed E-state index contributed by atoms with van der Waals surface area (Å²) in [7, 11) is 0. The Morgan fingerprint density at radius 2 is 2.08 bits per heavy atom. The summed E-state index contributed by atoms with van der Waals surface area (Å²) in [6.45, 7) is 0. The minimum absolute atomic E-state index is 0.606. The molecule has 0 aliphatic heterocycles. The summed E-state index contributed by atoms with van der Waals surface area (Å²) in [6.07, 6.45) is 0. The number of hydrogen-bond acceptors (Lipinski definition) is 3. The second-order valence-corrected chi connectivity index (χ2v) is 4.67. The molecule has 0 aliphatic carbocycles. The third-order valence-electron chi connectivity index (χ3n) is 1.18. The first-order valence-corrected chi connectivity index (χ1v) is 6.57. The van der Waals surface area contributed by atoms with Crippen LogP contribution in [0.1, 0.15) is 5.56 Å². The fourth-order valence-corrected chi connectivity index (χ4v) is 2.08. The summed E-state index contributed by atoms with van der Waals surface area (Å²) in [5.74, 6) is 0.606. The molecule has 0 bridgehead atoms. The van der Waals surface area contributed by atoms with Crippen molar-refractivity contribution in [3.63, 3.8) is 0 Å². The summed E-state index contributed by atoms with van der Waals surface area (Å²) in [5, 5.41) is 0. The van der Waals surface area contributed by atoms with Crippen molar-refractivity contribution in [1.82, 2.24) is 0 Å². The van der Waals surface area contributed by atoms with Gasteiger partial charge in [0.15, 0.2) is 0 Å². The summed E-state index contributed by atoms with van der Waals surface area (Å²) >= 11 is -2.14. The molecular weight excluding hydrogens is 239 g/mol. The van der Waals surface area contributed by atoms with E-state index in [0.29, 0.717) is 5.75 Å². The van der Waals surface area contributed by atoms with Crippen LogP contribution >= 0.6 is 12.0 Å². The molecule has 0 saturated heterocycles. The van der Waals surface area contributed by atoms with E-state index in [9.17, 15) is 3.74 Å². The molecule has 0 fully saturated rings. The van der Waals surface area contributed by atoms with E-state index in [2.05, 4.69) is 3.17 Å². The second-order valence-electron chi connectivity index (χ2n) is 2.06. The predicted octanol–water partition coefficient (Wildman–Crippen LogP) is 1.26. The minimum atomic E-state index is -3.16. The van der Waals surface area contributed by atoms with Crippen molar-refractivity contribution in [3.05, 3.63) is 35.9 Å². The zero-order valence-electron chi connectivity index (χ0n) is 6.21. The van der Waals surface area contributed by atoms with Gasteiger partial charge in [-0.15, -0.1) is 0 Å². The zero-order valence-corrected chi connectivity index (χ0v) is 8.91. The number of hydrogen-bond donors (Lipinski definition) is 1. The van der Waals surface area contributed by atoms with E-state index in [4.69, 9.17) is 4.10 Å². The van der Waals surface area contributed by atoms with Crippen LogP contribution in [-0.2, 0) is 12.7 Å². The molecule has 1 radical (unpaired) electrons. The Balaban J connectivity index is 2.29. The fourth-order valence-electron chi connectivity index (χ4n) is 0.714. The molecule has 1 aromatic rings. The average Bonchev–Trinajstić information content (AvgIpc) is 2.05. The van der Waals surface area contributed by atoms with Crippen molar-refractivity contribution in [2.45, 2.75) is 5.75 Å². The SMILES string of the molecule is O=[As](O)OSCc1ccccc1. The van der Waals surface area contributed by atoms with Gasteiger partial charge in [-0.1, -0.05) is 0 Å². The Bertz CT molecular complexity index is 252. The van der Waals surface area contributed by atoms with E-state index in [1.807, 2.05) is 30.3 Å². The summed E-state index contributed by atoms with van der Waals surface area (Å²) in [4.78, 5) is 0. The first-order chi connectivity index (χ1) is 5.79. The van der Waals surface area contributed by atoms with Crippen molar-refractivity contribution in [3.8, 4) is 0 Å². The molecule has 0 aromatic heterocycles. The van der Waals surface area contributed by atoms with Crippen LogP contribution in [-0.4, -0.2) is 19.4 Å². The molecule has 5 heteroatoms. The van der Waals surface area contributed by atoms with Crippen LogP contribution in [0.3, 0.4) is 0 Å². The second kappa shape index (κ2) is 5.49. The van der Waals surface area contributed by atoms with Gasteiger partial charge in [0.25, 0.3) is 0 Å². The molecule has 3 nitrogen and oxygen atoms in total. The molecule has 1 rings (SSSR count). The molecule has 0 heterocycles. The van der Waals surface area contributed by atoms with Crippen molar-refractivity contribution >= 4 is 27.3 Å². The number of rotatable bonds is 4. The maximum absolute atomic E-state index is 10.2. The first kappa shape index (κ1) is 9.93. The van der Waals surface area contributed by atoms with E-state index in [0.717, 1.165) is 17.6 Å². The van der Waals surface area contributed by atoms with Crippen LogP contribution in [0.25, 0.3) is 0 Å². The Morgan fingerprint density at radius 3 is 2.67 bits per heavy atom. The van der Waals surface area contributed by atoms with Crippen LogP contribution < -0.4 is 0 Å². The molecule has 0 spiro atoms.